The van der Waals surface area contributed by atoms with Gasteiger partial charge in [0.2, 0.25) is 0 Å². The molecule has 3 heteroatoms. The molecular formula is C24H28O2Si. The SMILES string of the molecule is CCOc1ccc([Si](C)(C)CCc2cccc(Oc3ccccc3)c2)cc1. The van der Waals surface area contributed by atoms with Gasteiger partial charge < -0.3 is 9.47 Å². The van der Waals surface area contributed by atoms with Crippen molar-refractivity contribution in [3.63, 3.8) is 0 Å². The lowest BCUT2D eigenvalue weighted by molar-refractivity contribution is 0.340. The second-order valence-electron chi connectivity index (χ2n) is 7.40. The van der Waals surface area contributed by atoms with Crippen LogP contribution in [-0.2, 0) is 6.42 Å². The summed E-state index contributed by atoms with van der Waals surface area (Å²) in [6, 6.07) is 28.3. The lowest BCUT2D eigenvalue weighted by atomic mass is 10.1. The fourth-order valence-electron chi connectivity index (χ4n) is 3.16. The van der Waals surface area contributed by atoms with E-state index in [-0.39, 0.29) is 0 Å². The third kappa shape index (κ3) is 5.47. The first-order chi connectivity index (χ1) is 13.1. The van der Waals surface area contributed by atoms with E-state index in [0.29, 0.717) is 6.61 Å². The summed E-state index contributed by atoms with van der Waals surface area (Å²) >= 11 is 0. The van der Waals surface area contributed by atoms with Crippen LogP contribution in [0.25, 0.3) is 0 Å². The van der Waals surface area contributed by atoms with Crippen LogP contribution in [0, 0.1) is 0 Å². The van der Waals surface area contributed by atoms with Gasteiger partial charge in [-0.2, -0.15) is 0 Å². The molecule has 3 aromatic rings. The molecule has 0 amide bonds. The number of para-hydroxylation sites is 1. The summed E-state index contributed by atoms with van der Waals surface area (Å²) in [5, 5.41) is 1.47. The van der Waals surface area contributed by atoms with Gasteiger partial charge in [-0.25, -0.2) is 0 Å². The molecule has 0 bridgehead atoms. The Bertz CT molecular complexity index is 842. The molecule has 0 unspecified atom stereocenters. The number of aryl methyl sites for hydroxylation is 1. The highest BCUT2D eigenvalue weighted by Gasteiger charge is 2.23. The zero-order valence-corrected chi connectivity index (χ0v) is 17.4. The maximum Gasteiger partial charge on any atom is 0.127 e. The van der Waals surface area contributed by atoms with Crippen LogP contribution in [0.15, 0.2) is 78.9 Å². The van der Waals surface area contributed by atoms with Crippen molar-refractivity contribution in [3.05, 3.63) is 84.4 Å². The predicted octanol–water partition coefficient (Wildman–Crippen LogP) is 6.04. The Balaban J connectivity index is 1.64. The van der Waals surface area contributed by atoms with E-state index >= 15 is 0 Å². The van der Waals surface area contributed by atoms with E-state index in [2.05, 4.69) is 55.6 Å². The van der Waals surface area contributed by atoms with Gasteiger partial charge >= 0.3 is 0 Å². The first kappa shape index (κ1) is 19.2. The van der Waals surface area contributed by atoms with Crippen molar-refractivity contribution in [3.8, 4) is 17.2 Å². The van der Waals surface area contributed by atoms with E-state index in [4.69, 9.17) is 9.47 Å². The molecule has 0 aliphatic carbocycles. The van der Waals surface area contributed by atoms with Crippen LogP contribution in [0.1, 0.15) is 12.5 Å². The van der Waals surface area contributed by atoms with Crippen molar-refractivity contribution in [2.75, 3.05) is 6.61 Å². The van der Waals surface area contributed by atoms with Crippen molar-refractivity contribution in [2.24, 2.45) is 0 Å². The molecule has 0 aliphatic rings. The number of hydrogen-bond donors (Lipinski definition) is 0. The number of ether oxygens (including phenoxy) is 2. The molecule has 0 radical (unpaired) electrons. The highest BCUT2D eigenvalue weighted by molar-refractivity contribution is 6.89. The number of rotatable bonds is 8. The molecule has 0 saturated heterocycles. The molecule has 3 aromatic carbocycles. The summed E-state index contributed by atoms with van der Waals surface area (Å²) in [7, 11) is -1.50. The van der Waals surface area contributed by atoms with Crippen molar-refractivity contribution >= 4 is 13.3 Å². The third-order valence-electron chi connectivity index (χ3n) is 4.86. The van der Waals surface area contributed by atoms with Gasteiger partial charge in [0.1, 0.15) is 17.2 Å². The molecule has 0 N–H and O–H groups in total. The van der Waals surface area contributed by atoms with E-state index in [1.54, 1.807) is 0 Å². The normalized spacial score (nSPS) is 11.2. The fourth-order valence-corrected chi connectivity index (χ4v) is 5.43. The largest absolute Gasteiger partial charge is 0.494 e. The third-order valence-corrected chi connectivity index (χ3v) is 8.26. The van der Waals surface area contributed by atoms with Crippen molar-refractivity contribution in [1.82, 2.24) is 0 Å². The quantitative estimate of drug-likeness (QED) is 0.447. The zero-order chi connectivity index (χ0) is 19.1. The second-order valence-corrected chi connectivity index (χ2v) is 12.2. The van der Waals surface area contributed by atoms with Gasteiger partial charge in [0, 0.05) is 0 Å². The maximum atomic E-state index is 5.97. The topological polar surface area (TPSA) is 18.5 Å². The molecule has 0 aromatic heterocycles. The molecule has 2 nitrogen and oxygen atoms in total. The Morgan fingerprint density at radius 3 is 2.15 bits per heavy atom. The van der Waals surface area contributed by atoms with Crippen LogP contribution in [0.4, 0.5) is 0 Å². The Kier molecular flexibility index (Phi) is 6.35. The van der Waals surface area contributed by atoms with Crippen LogP contribution in [0.5, 0.6) is 17.2 Å². The summed E-state index contributed by atoms with van der Waals surface area (Å²) in [5.74, 6) is 2.73. The van der Waals surface area contributed by atoms with E-state index < -0.39 is 8.07 Å². The monoisotopic (exact) mass is 376 g/mol. The van der Waals surface area contributed by atoms with Gasteiger partial charge in [0.25, 0.3) is 0 Å². The van der Waals surface area contributed by atoms with E-state index in [0.717, 1.165) is 23.7 Å². The fraction of sp³-hybridized carbons (Fsp3) is 0.250. The summed E-state index contributed by atoms with van der Waals surface area (Å²) in [5.41, 5.74) is 1.33. The van der Waals surface area contributed by atoms with Crippen molar-refractivity contribution < 1.29 is 9.47 Å². The Labute approximate surface area is 163 Å². The first-order valence-corrected chi connectivity index (χ1v) is 12.8. The highest BCUT2D eigenvalue weighted by atomic mass is 28.3. The van der Waals surface area contributed by atoms with Gasteiger partial charge in [0.05, 0.1) is 14.7 Å². The average molecular weight is 377 g/mol. The molecule has 0 saturated carbocycles. The molecule has 3 rings (SSSR count). The molecule has 140 valence electrons. The van der Waals surface area contributed by atoms with Gasteiger partial charge in [-0.15, -0.1) is 0 Å². The number of hydrogen-bond acceptors (Lipinski definition) is 2. The molecule has 0 fully saturated rings. The average Bonchev–Trinajstić information content (AvgIpc) is 2.68. The molecule has 0 heterocycles. The molecule has 0 spiro atoms. The zero-order valence-electron chi connectivity index (χ0n) is 16.4. The Morgan fingerprint density at radius 2 is 1.44 bits per heavy atom. The first-order valence-electron chi connectivity index (χ1n) is 9.62. The molecule has 0 atom stereocenters. The van der Waals surface area contributed by atoms with E-state index in [1.807, 2.05) is 43.3 Å². The minimum atomic E-state index is -1.50. The van der Waals surface area contributed by atoms with Crippen LogP contribution in [0.3, 0.4) is 0 Å². The number of benzene rings is 3. The molecule has 27 heavy (non-hydrogen) atoms. The lowest BCUT2D eigenvalue weighted by Crippen LogP contribution is -2.41. The summed E-state index contributed by atoms with van der Waals surface area (Å²) in [4.78, 5) is 0. The lowest BCUT2D eigenvalue weighted by Gasteiger charge is -2.23. The maximum absolute atomic E-state index is 5.97. The smallest absolute Gasteiger partial charge is 0.127 e. The van der Waals surface area contributed by atoms with Crippen LogP contribution in [0.2, 0.25) is 19.1 Å². The van der Waals surface area contributed by atoms with E-state index in [1.165, 1.54) is 16.8 Å². The standard InChI is InChI=1S/C24H28O2Si/c1-4-25-21-13-15-24(16-14-21)27(2,3)18-17-20-9-8-12-23(19-20)26-22-10-6-5-7-11-22/h5-16,19H,4,17-18H2,1-3H3. The van der Waals surface area contributed by atoms with Crippen molar-refractivity contribution in [1.29, 1.82) is 0 Å². The Hall–Kier alpha value is -2.52. The Morgan fingerprint density at radius 1 is 0.741 bits per heavy atom. The van der Waals surface area contributed by atoms with Gasteiger partial charge in [-0.05, 0) is 61.4 Å². The predicted molar refractivity (Wildman–Crippen MR) is 116 cm³/mol. The summed E-state index contributed by atoms with van der Waals surface area (Å²) < 4.78 is 11.5. The van der Waals surface area contributed by atoms with Crippen LogP contribution < -0.4 is 14.7 Å². The van der Waals surface area contributed by atoms with Gasteiger partial charge in [-0.1, -0.05) is 60.7 Å². The molecular weight excluding hydrogens is 348 g/mol. The summed E-state index contributed by atoms with van der Waals surface area (Å²) in [6.45, 7) is 7.60. The van der Waals surface area contributed by atoms with E-state index in [9.17, 15) is 0 Å². The van der Waals surface area contributed by atoms with Crippen molar-refractivity contribution in [2.45, 2.75) is 32.5 Å². The van der Waals surface area contributed by atoms with Gasteiger partial charge in [0.15, 0.2) is 0 Å². The minimum Gasteiger partial charge on any atom is -0.494 e. The highest BCUT2D eigenvalue weighted by Crippen LogP contribution is 2.24. The van der Waals surface area contributed by atoms with Gasteiger partial charge in [-0.3, -0.25) is 0 Å². The summed E-state index contributed by atoms with van der Waals surface area (Å²) in [6.07, 6.45) is 1.07. The second kappa shape index (κ2) is 8.91. The molecule has 0 aliphatic heterocycles. The van der Waals surface area contributed by atoms with Crippen LogP contribution in [-0.4, -0.2) is 14.7 Å². The minimum absolute atomic E-state index is 0.710. The van der Waals surface area contributed by atoms with Crippen LogP contribution >= 0.6 is 0 Å².